The van der Waals surface area contributed by atoms with Crippen LogP contribution in [0.25, 0.3) is 0 Å². The molecule has 1 saturated heterocycles. The number of imide groups is 1. The molecular weight excluding hydrogens is 345 g/mol. The van der Waals surface area contributed by atoms with E-state index in [1.807, 2.05) is 0 Å². The van der Waals surface area contributed by atoms with Crippen molar-refractivity contribution in [2.45, 2.75) is 6.54 Å². The van der Waals surface area contributed by atoms with Gasteiger partial charge in [0.25, 0.3) is 5.24 Å². The summed E-state index contributed by atoms with van der Waals surface area (Å²) in [6.45, 7) is 0.00963. The number of halogens is 1. The van der Waals surface area contributed by atoms with E-state index in [1.165, 1.54) is 23.1 Å². The van der Waals surface area contributed by atoms with Crippen molar-refractivity contribution >= 4 is 28.7 Å². The SMILES string of the molecule is O=C(COc1ccc(CN2C(=O)CSC2=O)cc1)c1cccc(F)c1. The van der Waals surface area contributed by atoms with Crippen molar-refractivity contribution in [1.82, 2.24) is 4.90 Å². The molecule has 1 aliphatic heterocycles. The van der Waals surface area contributed by atoms with E-state index in [4.69, 9.17) is 4.74 Å². The van der Waals surface area contributed by atoms with Crippen molar-refractivity contribution in [2.75, 3.05) is 12.4 Å². The molecule has 0 spiro atoms. The van der Waals surface area contributed by atoms with Gasteiger partial charge in [0.2, 0.25) is 5.91 Å². The van der Waals surface area contributed by atoms with E-state index in [1.54, 1.807) is 24.3 Å². The summed E-state index contributed by atoms with van der Waals surface area (Å²) in [6, 6.07) is 12.2. The lowest BCUT2D eigenvalue weighted by Gasteiger charge is -2.13. The van der Waals surface area contributed by atoms with Crippen LogP contribution in [0.15, 0.2) is 48.5 Å². The van der Waals surface area contributed by atoms with Gasteiger partial charge in [-0.05, 0) is 29.8 Å². The van der Waals surface area contributed by atoms with Gasteiger partial charge in [-0.2, -0.15) is 0 Å². The van der Waals surface area contributed by atoms with E-state index in [9.17, 15) is 18.8 Å². The summed E-state index contributed by atoms with van der Waals surface area (Å²) in [5, 5.41) is -0.244. The number of hydrogen-bond acceptors (Lipinski definition) is 5. The summed E-state index contributed by atoms with van der Waals surface area (Å²) >= 11 is 0.995. The number of rotatable bonds is 6. The second-order valence-electron chi connectivity index (χ2n) is 5.40. The Hall–Kier alpha value is -2.67. The van der Waals surface area contributed by atoms with Gasteiger partial charge in [0, 0.05) is 5.56 Å². The lowest BCUT2D eigenvalue weighted by molar-refractivity contribution is -0.125. The van der Waals surface area contributed by atoms with Crippen molar-refractivity contribution in [2.24, 2.45) is 0 Å². The van der Waals surface area contributed by atoms with Crippen LogP contribution in [-0.4, -0.2) is 34.2 Å². The zero-order valence-electron chi connectivity index (χ0n) is 13.1. The predicted molar refractivity (Wildman–Crippen MR) is 91.1 cm³/mol. The van der Waals surface area contributed by atoms with Crippen LogP contribution in [0.5, 0.6) is 5.75 Å². The Balaban J connectivity index is 1.56. The molecule has 0 unspecified atom stereocenters. The fourth-order valence-corrected chi connectivity index (χ4v) is 3.03. The summed E-state index contributed by atoms with van der Waals surface area (Å²) in [6.07, 6.45) is 0. The number of thioether (sulfide) groups is 1. The molecule has 2 amide bonds. The third kappa shape index (κ3) is 4.24. The molecule has 128 valence electrons. The molecule has 1 aliphatic rings. The molecule has 7 heteroatoms. The topological polar surface area (TPSA) is 63.7 Å². The minimum atomic E-state index is -0.473. The first-order valence-electron chi connectivity index (χ1n) is 7.50. The lowest BCUT2D eigenvalue weighted by Crippen LogP contribution is -2.27. The first-order valence-corrected chi connectivity index (χ1v) is 8.49. The zero-order valence-corrected chi connectivity index (χ0v) is 13.9. The summed E-state index contributed by atoms with van der Waals surface area (Å²) in [7, 11) is 0. The molecule has 2 aromatic carbocycles. The molecular formula is C18H14FNO4S. The van der Waals surface area contributed by atoms with Crippen molar-refractivity contribution in [3.8, 4) is 5.75 Å². The first kappa shape index (κ1) is 17.2. The number of carbonyl (C=O) groups excluding carboxylic acids is 3. The Bertz CT molecular complexity index is 806. The van der Waals surface area contributed by atoms with E-state index in [-0.39, 0.29) is 41.4 Å². The molecule has 1 fully saturated rings. The Morgan fingerprint density at radius 1 is 1.16 bits per heavy atom. The average molecular weight is 359 g/mol. The van der Waals surface area contributed by atoms with Crippen molar-refractivity contribution in [3.05, 3.63) is 65.5 Å². The third-order valence-corrected chi connectivity index (χ3v) is 4.48. The van der Waals surface area contributed by atoms with Crippen LogP contribution < -0.4 is 4.74 Å². The molecule has 3 rings (SSSR count). The first-order chi connectivity index (χ1) is 12.0. The van der Waals surface area contributed by atoms with Gasteiger partial charge < -0.3 is 4.74 Å². The van der Waals surface area contributed by atoms with Crippen LogP contribution in [0.3, 0.4) is 0 Å². The fraction of sp³-hybridized carbons (Fsp3) is 0.167. The van der Waals surface area contributed by atoms with E-state index in [2.05, 4.69) is 0 Å². The molecule has 5 nitrogen and oxygen atoms in total. The average Bonchev–Trinajstić information content (AvgIpc) is 2.93. The molecule has 2 aromatic rings. The van der Waals surface area contributed by atoms with E-state index in [0.717, 1.165) is 23.4 Å². The number of ether oxygens (including phenoxy) is 1. The number of hydrogen-bond donors (Lipinski definition) is 0. The zero-order chi connectivity index (χ0) is 17.8. The Morgan fingerprint density at radius 3 is 2.56 bits per heavy atom. The van der Waals surface area contributed by atoms with Crippen molar-refractivity contribution in [3.63, 3.8) is 0 Å². The highest BCUT2D eigenvalue weighted by Gasteiger charge is 2.29. The van der Waals surface area contributed by atoms with Crippen LogP contribution in [-0.2, 0) is 11.3 Å². The smallest absolute Gasteiger partial charge is 0.289 e. The number of nitrogens with zero attached hydrogens (tertiary/aromatic N) is 1. The molecule has 25 heavy (non-hydrogen) atoms. The number of ketones is 1. The number of Topliss-reactive ketones (excluding diaryl/α,β-unsaturated/α-hetero) is 1. The third-order valence-electron chi connectivity index (χ3n) is 3.62. The predicted octanol–water partition coefficient (Wildman–Crippen LogP) is 3.28. The number of amides is 2. The maximum atomic E-state index is 13.1. The maximum absolute atomic E-state index is 13.1. The quantitative estimate of drug-likeness (QED) is 0.741. The van der Waals surface area contributed by atoms with Crippen molar-refractivity contribution in [1.29, 1.82) is 0 Å². The van der Waals surface area contributed by atoms with Gasteiger partial charge in [0.05, 0.1) is 12.3 Å². The molecule has 0 radical (unpaired) electrons. The molecule has 0 N–H and O–H groups in total. The normalized spacial score (nSPS) is 14.0. The molecule has 0 atom stereocenters. The summed E-state index contributed by atoms with van der Waals surface area (Å²) in [5.41, 5.74) is 1.04. The van der Waals surface area contributed by atoms with E-state index >= 15 is 0 Å². The molecule has 0 aromatic heterocycles. The second kappa shape index (κ2) is 7.48. The Kier molecular flexibility index (Phi) is 5.14. The molecule has 0 saturated carbocycles. The van der Waals surface area contributed by atoms with Crippen LogP contribution >= 0.6 is 11.8 Å². The second-order valence-corrected chi connectivity index (χ2v) is 6.33. The van der Waals surface area contributed by atoms with Gasteiger partial charge in [0.15, 0.2) is 12.4 Å². The standard InChI is InChI=1S/C18H14FNO4S/c19-14-3-1-2-13(8-14)16(21)10-24-15-6-4-12(5-7-15)9-20-17(22)11-25-18(20)23/h1-8H,9-11H2. The minimum absolute atomic E-state index is 0.183. The monoisotopic (exact) mass is 359 g/mol. The van der Waals surface area contributed by atoms with Gasteiger partial charge in [-0.1, -0.05) is 36.0 Å². The summed E-state index contributed by atoms with van der Waals surface area (Å²) in [4.78, 5) is 36.3. The van der Waals surface area contributed by atoms with Crippen LogP contribution in [0, 0.1) is 5.82 Å². The highest BCUT2D eigenvalue weighted by molar-refractivity contribution is 8.14. The molecule has 1 heterocycles. The largest absolute Gasteiger partial charge is 0.485 e. The fourth-order valence-electron chi connectivity index (χ4n) is 2.30. The summed E-state index contributed by atoms with van der Waals surface area (Å²) in [5.74, 6) is -0.339. The molecule has 0 aliphatic carbocycles. The van der Waals surface area contributed by atoms with Crippen LogP contribution in [0.4, 0.5) is 9.18 Å². The van der Waals surface area contributed by atoms with Gasteiger partial charge in [0.1, 0.15) is 11.6 Å². The maximum Gasteiger partial charge on any atom is 0.289 e. The Morgan fingerprint density at radius 2 is 1.92 bits per heavy atom. The van der Waals surface area contributed by atoms with E-state index in [0.29, 0.717) is 5.75 Å². The van der Waals surface area contributed by atoms with Gasteiger partial charge in [-0.25, -0.2) is 4.39 Å². The highest BCUT2D eigenvalue weighted by Crippen LogP contribution is 2.22. The van der Waals surface area contributed by atoms with E-state index < -0.39 is 5.82 Å². The summed E-state index contributed by atoms with van der Waals surface area (Å²) < 4.78 is 18.5. The highest BCUT2D eigenvalue weighted by atomic mass is 32.2. The van der Waals surface area contributed by atoms with Crippen LogP contribution in [0.1, 0.15) is 15.9 Å². The Labute approximate surface area is 147 Å². The van der Waals surface area contributed by atoms with Crippen molar-refractivity contribution < 1.29 is 23.5 Å². The van der Waals surface area contributed by atoms with Crippen LogP contribution in [0.2, 0.25) is 0 Å². The van der Waals surface area contributed by atoms with Gasteiger partial charge in [-0.3, -0.25) is 19.3 Å². The minimum Gasteiger partial charge on any atom is -0.485 e. The lowest BCUT2D eigenvalue weighted by atomic mass is 10.1. The van der Waals surface area contributed by atoms with Gasteiger partial charge in [-0.15, -0.1) is 0 Å². The van der Waals surface area contributed by atoms with Gasteiger partial charge >= 0.3 is 0 Å². The number of carbonyl (C=O) groups is 3. The molecule has 0 bridgehead atoms. The number of benzene rings is 2.